The Bertz CT molecular complexity index is 4290. The molecule has 0 spiro atoms. The van der Waals surface area contributed by atoms with Crippen molar-refractivity contribution < 1.29 is 104 Å². The van der Waals surface area contributed by atoms with Gasteiger partial charge < -0.3 is 65.0 Å². The molecule has 5 aromatic carbocycles. The van der Waals surface area contributed by atoms with Gasteiger partial charge in [-0.05, 0) is 99.7 Å². The van der Waals surface area contributed by atoms with Crippen LogP contribution in [0.25, 0.3) is 33.1 Å². The highest BCUT2D eigenvalue weighted by atomic mass is 35.5. The predicted molar refractivity (Wildman–Crippen MR) is 372 cm³/mol. The van der Waals surface area contributed by atoms with E-state index < -0.39 is 127 Å². The number of alkyl halides is 6. The van der Waals surface area contributed by atoms with Gasteiger partial charge in [0.05, 0.1) is 84.5 Å². The quantitative estimate of drug-likeness (QED) is 0.0182. The topological polar surface area (TPSA) is 361 Å². The fraction of sp³-hybridized carbons (Fsp3) is 0.375. The van der Waals surface area contributed by atoms with Crippen molar-refractivity contribution in [1.29, 1.82) is 0 Å². The minimum atomic E-state index is -3.62. The van der Waals surface area contributed by atoms with Crippen molar-refractivity contribution in [2.24, 2.45) is 11.7 Å². The number of aromatic nitrogens is 6. The molecule has 1 saturated carbocycles. The Morgan fingerprint density at radius 2 is 1.11 bits per heavy atom. The summed E-state index contributed by atoms with van der Waals surface area (Å²) in [6, 6.07) is 38.0. The molecule has 33 heteroatoms. The molecule has 1 unspecified atom stereocenters. The lowest BCUT2D eigenvalue weighted by molar-refractivity contribution is -0.143. The molecule has 4 fully saturated rings. The molecule has 3 aromatic heterocycles. The lowest BCUT2D eigenvalue weighted by Gasteiger charge is -2.26. The second-order valence-electron chi connectivity index (χ2n) is 24.9. The number of methoxy groups -OCH3 is 1. The minimum Gasteiger partial charge on any atom is -0.481 e. The molecule has 8 N–H and O–H groups in total. The molecule has 6 heterocycles. The number of allylic oxidation sites excluding steroid dienone is 2. The zero-order valence-corrected chi connectivity index (χ0v) is 58.5. The lowest BCUT2D eigenvalue weighted by atomic mass is 10.00. The van der Waals surface area contributed by atoms with Crippen LogP contribution in [0.1, 0.15) is 93.5 Å². The molecule has 1 amide bonds. The molecule has 12 rings (SSSR count). The zero-order valence-electron chi connectivity index (χ0n) is 56.9. The summed E-state index contributed by atoms with van der Waals surface area (Å²) in [6.45, 7) is 3.67. The summed E-state index contributed by atoms with van der Waals surface area (Å²) >= 11 is 5.81. The van der Waals surface area contributed by atoms with Crippen molar-refractivity contribution in [1.82, 2.24) is 40.1 Å². The summed E-state index contributed by atoms with van der Waals surface area (Å²) in [5.74, 6) is -14.1. The van der Waals surface area contributed by atoms with Crippen molar-refractivity contribution in [3.63, 3.8) is 0 Å². The van der Waals surface area contributed by atoms with Gasteiger partial charge in [-0.15, -0.1) is 12.4 Å². The van der Waals surface area contributed by atoms with E-state index in [-0.39, 0.29) is 79.6 Å². The minimum absolute atomic E-state index is 0. The van der Waals surface area contributed by atoms with E-state index in [0.717, 1.165) is 28.2 Å². The maximum Gasteiger partial charge on any atom is 0.508 e. The summed E-state index contributed by atoms with van der Waals surface area (Å²) < 4.78 is 118. The molecule has 7 atom stereocenters. The Balaban J connectivity index is 0.000000193. The van der Waals surface area contributed by atoms with E-state index in [1.807, 2.05) is 36.4 Å². The number of amides is 1. The van der Waals surface area contributed by atoms with Gasteiger partial charge in [0, 0.05) is 19.4 Å². The molecular weight excluding hydrogens is 1430 g/mol. The van der Waals surface area contributed by atoms with E-state index in [0.29, 0.717) is 59.0 Å². The number of carboxylic acid groups (broad SMARTS) is 2. The van der Waals surface area contributed by atoms with Crippen LogP contribution in [0.15, 0.2) is 158 Å². The number of cyclic esters (lactones) is 2. The van der Waals surface area contributed by atoms with Gasteiger partial charge in [-0.2, -0.15) is 26.3 Å². The summed E-state index contributed by atoms with van der Waals surface area (Å²) in [7, 11) is 1.28. The number of carbonyl (C=O) groups excluding carboxylic acids is 3. The molecule has 3 saturated heterocycles. The van der Waals surface area contributed by atoms with Crippen LogP contribution in [-0.2, 0) is 51.1 Å². The van der Waals surface area contributed by atoms with Crippen LogP contribution < -0.4 is 20.5 Å². The van der Waals surface area contributed by atoms with Gasteiger partial charge in [0.15, 0.2) is 16.5 Å². The average molecular weight is 1510 g/mol. The first-order chi connectivity index (χ1) is 49.4. The number of nitrogens with two attached hydrogens (primary N) is 1. The van der Waals surface area contributed by atoms with Gasteiger partial charge in [0.1, 0.15) is 48.3 Å². The molecule has 25 nitrogen and oxygen atoms in total. The number of rotatable bonds is 18. The highest BCUT2D eigenvalue weighted by Crippen LogP contribution is 2.40. The largest absolute Gasteiger partial charge is 0.508 e. The summed E-state index contributed by atoms with van der Waals surface area (Å²) in [5, 5.41) is 47.1. The third-order valence-corrected chi connectivity index (χ3v) is 16.2. The van der Waals surface area contributed by atoms with Crippen LogP contribution in [0.5, 0.6) is 11.8 Å². The number of benzene rings is 5. The number of fused-ring (bicyclic) bond motifs is 3. The highest BCUT2D eigenvalue weighted by Gasteiger charge is 2.46. The van der Waals surface area contributed by atoms with E-state index in [4.69, 9.17) is 52.0 Å². The number of hydrogen-bond donors (Lipinski definition) is 7. The number of likely N-dealkylation sites (tertiary alicyclic amines) is 1. The number of carboxylic acids is 2. The normalized spacial score (nSPS) is 19.4. The second kappa shape index (κ2) is 37.2. The van der Waals surface area contributed by atoms with Crippen molar-refractivity contribution >= 4 is 87.3 Å². The number of aliphatic hydroxyl groups excluding tert-OH is 3. The van der Waals surface area contributed by atoms with Gasteiger partial charge in [0.2, 0.25) is 11.8 Å². The van der Waals surface area contributed by atoms with E-state index >= 15 is 0 Å². The van der Waals surface area contributed by atoms with Crippen LogP contribution in [0.3, 0.4) is 0 Å². The van der Waals surface area contributed by atoms with Gasteiger partial charge >= 0.3 is 42.0 Å². The molecule has 562 valence electrons. The number of halogens is 8. The Labute approximate surface area is 608 Å². The number of aliphatic hydroxyl groups is 3. The first-order valence-corrected chi connectivity index (χ1v) is 32.9. The molecule has 8 aromatic rings. The fourth-order valence-electron chi connectivity index (χ4n) is 11.0. The smallest absolute Gasteiger partial charge is 0.481 e. The maximum absolute atomic E-state index is 14.8. The number of para-hydroxylation sites is 6. The van der Waals surface area contributed by atoms with Crippen LogP contribution in [0.4, 0.5) is 35.9 Å². The Morgan fingerprint density at radius 3 is 1.52 bits per heavy atom. The summed E-state index contributed by atoms with van der Waals surface area (Å²) in [4.78, 5) is 82.0. The Hall–Kier alpha value is -9.89. The van der Waals surface area contributed by atoms with Gasteiger partial charge in [-0.3, -0.25) is 14.5 Å². The SMILES string of the molecule is CC(C)(C)OC(=O)N1C[C@H](Oc2nc3ccccc3nc2C(F)(F)/C=C/CO)C[C@H]1C(=O)O.COC(=O)[C@@H]1C[C@@H](Oc2nc3ccccc3nc2C(F)(F)/C=C/CO)CN1.Cl.NC(c1ccccc1)c1ccccc1.O=C(O)[C@H]1CC[C@H](O)C1.O=C1OCC(CC(F)(F)c2nc3ccccc3nc2Cl)O1. The summed E-state index contributed by atoms with van der Waals surface area (Å²) in [5.41, 5.74) is 7.47. The third kappa shape index (κ3) is 23.1. The first kappa shape index (κ1) is 82.4. The number of carbonyl (C=O) groups is 5. The molecule has 0 radical (unpaired) electrons. The first-order valence-electron chi connectivity index (χ1n) is 32.5. The molecule has 1 aliphatic carbocycles. The summed E-state index contributed by atoms with van der Waals surface area (Å²) in [6.07, 6.45) is -0.745. The maximum atomic E-state index is 14.8. The van der Waals surface area contributed by atoms with Crippen LogP contribution in [0.2, 0.25) is 5.15 Å². The van der Waals surface area contributed by atoms with Crippen LogP contribution in [-0.4, -0.2) is 173 Å². The van der Waals surface area contributed by atoms with Crippen molar-refractivity contribution in [2.45, 2.75) is 125 Å². The molecular formula is C72H77Cl2F6N9O16. The fourth-order valence-corrected chi connectivity index (χ4v) is 11.2. The number of nitrogens with zero attached hydrogens (tertiary/aromatic N) is 7. The number of aliphatic carboxylic acids is 2. The monoisotopic (exact) mass is 1510 g/mol. The van der Waals surface area contributed by atoms with Crippen molar-refractivity contribution in [3.8, 4) is 11.8 Å². The van der Waals surface area contributed by atoms with Crippen molar-refractivity contribution in [2.75, 3.05) is 40.0 Å². The zero-order chi connectivity index (χ0) is 75.5. The lowest BCUT2D eigenvalue weighted by Crippen LogP contribution is -2.43. The third-order valence-electron chi connectivity index (χ3n) is 16.0. The predicted octanol–water partition coefficient (Wildman–Crippen LogP) is 11.4. The Kier molecular flexibility index (Phi) is 29.2. The van der Waals surface area contributed by atoms with Gasteiger partial charge in [-0.1, -0.05) is 121 Å². The van der Waals surface area contributed by atoms with E-state index in [2.05, 4.69) is 73.7 Å². The van der Waals surface area contributed by atoms with Gasteiger partial charge in [-0.25, -0.2) is 44.3 Å². The van der Waals surface area contributed by atoms with E-state index in [9.17, 15) is 55.4 Å². The number of esters is 1. The number of hydrogen-bond acceptors (Lipinski definition) is 22. The Morgan fingerprint density at radius 1 is 0.657 bits per heavy atom. The van der Waals surface area contributed by atoms with Crippen molar-refractivity contribution in [3.05, 3.63) is 191 Å². The molecule has 0 bridgehead atoms. The second-order valence-corrected chi connectivity index (χ2v) is 25.3. The van der Waals surface area contributed by atoms with Gasteiger partial charge in [0.25, 0.3) is 5.92 Å². The molecule has 4 aliphatic rings. The average Bonchev–Trinajstić information content (AvgIpc) is 1.74. The number of ether oxygens (including phenoxy) is 6. The van der Waals surface area contributed by atoms with E-state index in [1.165, 1.54) is 13.2 Å². The molecule has 3 aliphatic heterocycles. The van der Waals surface area contributed by atoms with Crippen LogP contribution in [0, 0.1) is 5.92 Å². The highest BCUT2D eigenvalue weighted by molar-refractivity contribution is 6.30. The number of nitrogens with one attached hydrogen (secondary N) is 1. The molecule has 105 heavy (non-hydrogen) atoms. The standard InChI is InChI=1S/C22H25F2N3O6.C18H19F2N3O4.C13H9ClF2N2O3.C13H13N.C6H10O3.ClH/c1-21(2,3)33-20(31)27-12-13(11-16(27)19(29)30)32-18-17(22(23,24)9-6-10-28)25-14-7-4-5-8-15(14)26-18;1-26-17(25)14-9-11(10-21-14)27-16-15(18(19,20)7-4-8-24)22-12-5-2-3-6-13(12)23-16;14-11-10(17-8-3-1-2-4-9(8)18-11)13(15,16)5-7-6-20-12(19)21-7;14-13(11-7-3-1-4-8-11)12-9-5-2-6-10-12;7-5-2-1-4(3-5)6(8)9;/h4-9,13,16,28H,10-12H2,1-3H3,(H,29,30);2-7,11,14,21,24H,8-10H2,1H3;1-4,7H,5-6H2;1-10,13H,14H2;4-5,7H,1-3H2,(H,8,9);1H/b9-6+;7-4+;;;;/t13-,16+;11-,14+;;;4-,5-;/m11..0./s1. The van der Waals surface area contributed by atoms with E-state index in [1.54, 1.807) is 87.5 Å². The van der Waals surface area contributed by atoms with Crippen LogP contribution >= 0.6 is 24.0 Å².